The molecule has 1 aliphatic rings. The van der Waals surface area contributed by atoms with Crippen LogP contribution in [0.5, 0.6) is 0 Å². The second-order valence-corrected chi connectivity index (χ2v) is 12.4. The highest BCUT2D eigenvalue weighted by Crippen LogP contribution is 2.26. The van der Waals surface area contributed by atoms with Crippen LogP contribution in [0.1, 0.15) is 61.3 Å². The third kappa shape index (κ3) is 7.23. The van der Waals surface area contributed by atoms with Crippen molar-refractivity contribution in [2.24, 2.45) is 0 Å². The van der Waals surface area contributed by atoms with Crippen LogP contribution in [0.25, 0.3) is 0 Å². The van der Waals surface area contributed by atoms with Crippen LogP contribution in [0.3, 0.4) is 0 Å². The van der Waals surface area contributed by atoms with Gasteiger partial charge in [0.05, 0.1) is 10.6 Å². The molecule has 1 saturated heterocycles. The largest absolute Gasteiger partial charge is 0.350 e. The lowest BCUT2D eigenvalue weighted by Crippen LogP contribution is -2.40. The molecule has 6 nitrogen and oxygen atoms in total. The number of anilines is 1. The molecule has 0 atom stereocenters. The highest BCUT2D eigenvalue weighted by atomic mass is 32.2. The topological polar surface area (TPSA) is 69.7 Å². The molecular formula is C31H39N3O3S. The summed E-state index contributed by atoms with van der Waals surface area (Å²) in [5.41, 5.74) is 4.79. The highest BCUT2D eigenvalue weighted by molar-refractivity contribution is 7.92. The number of hydrogen-bond acceptors (Lipinski definition) is 4. The van der Waals surface area contributed by atoms with Gasteiger partial charge in [-0.25, -0.2) is 8.42 Å². The Morgan fingerprint density at radius 1 is 0.868 bits per heavy atom. The molecule has 1 N–H and O–H groups in total. The smallest absolute Gasteiger partial charge is 0.264 e. The molecule has 0 saturated carbocycles. The fourth-order valence-electron chi connectivity index (χ4n) is 4.70. The van der Waals surface area contributed by atoms with Crippen molar-refractivity contribution < 1.29 is 13.2 Å². The Kier molecular flexibility index (Phi) is 9.23. The van der Waals surface area contributed by atoms with E-state index in [2.05, 4.69) is 36.2 Å². The Balaban J connectivity index is 1.45. The second kappa shape index (κ2) is 12.6. The van der Waals surface area contributed by atoms with Crippen LogP contribution >= 0.6 is 0 Å². The van der Waals surface area contributed by atoms with Gasteiger partial charge in [-0.05, 0) is 79.7 Å². The van der Waals surface area contributed by atoms with E-state index in [0.717, 1.165) is 36.3 Å². The summed E-state index contributed by atoms with van der Waals surface area (Å²) in [5.74, 6) is -0.0354. The van der Waals surface area contributed by atoms with E-state index in [-0.39, 0.29) is 17.3 Å². The maximum atomic E-state index is 13.6. The van der Waals surface area contributed by atoms with Crippen LogP contribution < -0.4 is 9.62 Å². The molecule has 202 valence electrons. The number of likely N-dealkylation sites (tertiary alicyclic amines) is 1. The van der Waals surface area contributed by atoms with Gasteiger partial charge in [0.25, 0.3) is 10.0 Å². The SMILES string of the molecule is Cc1ccc(S(=O)(=O)N(CC(=O)NCc2ccc(CN3CCCCC3)cc2)c2ccc(C(C)C)cc2)cc1. The van der Waals surface area contributed by atoms with Crippen LogP contribution in [-0.2, 0) is 27.9 Å². The molecule has 38 heavy (non-hydrogen) atoms. The van der Waals surface area contributed by atoms with E-state index >= 15 is 0 Å². The Hall–Kier alpha value is -3.16. The van der Waals surface area contributed by atoms with E-state index in [1.807, 2.05) is 31.2 Å². The zero-order valence-corrected chi connectivity index (χ0v) is 23.5. The molecule has 0 bridgehead atoms. The van der Waals surface area contributed by atoms with Crippen LogP contribution in [0.4, 0.5) is 5.69 Å². The van der Waals surface area contributed by atoms with Crippen molar-refractivity contribution >= 4 is 21.6 Å². The first-order valence-electron chi connectivity index (χ1n) is 13.5. The number of nitrogens with zero attached hydrogens (tertiary/aromatic N) is 2. The summed E-state index contributed by atoms with van der Waals surface area (Å²) in [6.45, 7) is 9.38. The molecule has 0 unspecified atom stereocenters. The zero-order chi connectivity index (χ0) is 27.1. The highest BCUT2D eigenvalue weighted by Gasteiger charge is 2.27. The van der Waals surface area contributed by atoms with Crippen LogP contribution in [-0.4, -0.2) is 38.9 Å². The van der Waals surface area contributed by atoms with Crippen molar-refractivity contribution in [1.82, 2.24) is 10.2 Å². The van der Waals surface area contributed by atoms with Gasteiger partial charge in [0.2, 0.25) is 5.91 Å². The van der Waals surface area contributed by atoms with Crippen molar-refractivity contribution in [3.8, 4) is 0 Å². The normalized spacial score (nSPS) is 14.4. The van der Waals surface area contributed by atoms with Gasteiger partial charge in [-0.1, -0.05) is 74.4 Å². The number of benzene rings is 3. The molecule has 0 aromatic heterocycles. The number of hydrogen-bond donors (Lipinski definition) is 1. The number of carbonyl (C=O) groups excluding carboxylic acids is 1. The van der Waals surface area contributed by atoms with Crippen LogP contribution in [0.15, 0.2) is 77.7 Å². The summed E-state index contributed by atoms with van der Waals surface area (Å²) >= 11 is 0. The van der Waals surface area contributed by atoms with Gasteiger partial charge >= 0.3 is 0 Å². The van der Waals surface area contributed by atoms with Gasteiger partial charge in [0, 0.05) is 13.1 Å². The Bertz CT molecular complexity index is 1300. The summed E-state index contributed by atoms with van der Waals surface area (Å²) in [7, 11) is -3.93. The maximum absolute atomic E-state index is 13.6. The molecule has 0 aliphatic carbocycles. The number of piperidine rings is 1. The molecule has 3 aromatic rings. The number of nitrogens with one attached hydrogen (secondary N) is 1. The minimum Gasteiger partial charge on any atom is -0.350 e. The van der Waals surface area contributed by atoms with E-state index in [9.17, 15) is 13.2 Å². The second-order valence-electron chi connectivity index (χ2n) is 10.5. The monoisotopic (exact) mass is 533 g/mol. The van der Waals surface area contributed by atoms with E-state index in [1.165, 1.54) is 29.1 Å². The van der Waals surface area contributed by atoms with Gasteiger partial charge < -0.3 is 5.32 Å². The quantitative estimate of drug-likeness (QED) is 0.367. The van der Waals surface area contributed by atoms with Gasteiger partial charge in [-0.15, -0.1) is 0 Å². The maximum Gasteiger partial charge on any atom is 0.264 e. The summed E-state index contributed by atoms with van der Waals surface area (Å²) < 4.78 is 28.4. The Morgan fingerprint density at radius 2 is 1.47 bits per heavy atom. The molecule has 3 aromatic carbocycles. The van der Waals surface area contributed by atoms with Gasteiger partial charge in [0.1, 0.15) is 6.54 Å². The minimum atomic E-state index is -3.93. The van der Waals surface area contributed by atoms with E-state index in [4.69, 9.17) is 0 Å². The standard InChI is InChI=1S/C31H39N3O3S/c1-24(2)28-13-15-29(16-14-28)34(38(36,37)30-17-7-25(3)8-18-30)23-31(35)32-21-26-9-11-27(12-10-26)22-33-19-5-4-6-20-33/h7-18,24H,4-6,19-23H2,1-3H3,(H,32,35). The lowest BCUT2D eigenvalue weighted by Gasteiger charge is -2.26. The molecule has 7 heteroatoms. The van der Waals surface area contributed by atoms with E-state index < -0.39 is 10.0 Å². The van der Waals surface area contributed by atoms with Gasteiger partial charge in [-0.2, -0.15) is 0 Å². The summed E-state index contributed by atoms with van der Waals surface area (Å²) in [6, 6.07) is 22.4. The van der Waals surface area contributed by atoms with Crippen molar-refractivity contribution in [3.63, 3.8) is 0 Å². The summed E-state index contributed by atoms with van der Waals surface area (Å²) in [6.07, 6.45) is 3.85. The summed E-state index contributed by atoms with van der Waals surface area (Å²) in [5, 5.41) is 2.91. The van der Waals surface area contributed by atoms with Gasteiger partial charge in [-0.3, -0.25) is 14.0 Å². The first-order valence-corrected chi connectivity index (χ1v) is 14.9. The lowest BCUT2D eigenvalue weighted by molar-refractivity contribution is -0.119. The molecule has 1 fully saturated rings. The number of aryl methyl sites for hydroxylation is 1. The number of rotatable bonds is 10. The fraction of sp³-hybridized carbons (Fsp3) is 0.387. The molecule has 1 heterocycles. The Labute approximate surface area is 227 Å². The van der Waals surface area contributed by atoms with E-state index in [0.29, 0.717) is 18.2 Å². The van der Waals surface area contributed by atoms with E-state index in [1.54, 1.807) is 36.4 Å². The van der Waals surface area contributed by atoms with Crippen molar-refractivity contribution in [3.05, 3.63) is 95.1 Å². The average molecular weight is 534 g/mol. The minimum absolute atomic E-state index is 0.160. The van der Waals surface area contributed by atoms with Crippen LogP contribution in [0, 0.1) is 6.92 Å². The Morgan fingerprint density at radius 3 is 2.08 bits per heavy atom. The molecule has 0 radical (unpaired) electrons. The van der Waals surface area contributed by atoms with Crippen molar-refractivity contribution in [2.75, 3.05) is 23.9 Å². The molecule has 1 aliphatic heterocycles. The first kappa shape index (κ1) is 27.9. The predicted molar refractivity (Wildman–Crippen MR) is 154 cm³/mol. The van der Waals surface area contributed by atoms with Crippen LogP contribution in [0.2, 0.25) is 0 Å². The third-order valence-corrected chi connectivity index (χ3v) is 8.90. The number of sulfonamides is 1. The first-order chi connectivity index (χ1) is 18.2. The third-order valence-electron chi connectivity index (χ3n) is 7.11. The molecular weight excluding hydrogens is 494 g/mol. The fourth-order valence-corrected chi connectivity index (χ4v) is 6.12. The van der Waals surface area contributed by atoms with Crippen molar-refractivity contribution in [1.29, 1.82) is 0 Å². The zero-order valence-electron chi connectivity index (χ0n) is 22.7. The average Bonchev–Trinajstić information content (AvgIpc) is 2.92. The van der Waals surface area contributed by atoms with Gasteiger partial charge in [0.15, 0.2) is 0 Å². The molecule has 0 spiro atoms. The number of carbonyl (C=O) groups is 1. The summed E-state index contributed by atoms with van der Waals surface area (Å²) in [4.78, 5) is 15.7. The molecule has 1 amide bonds. The van der Waals surface area contributed by atoms with Crippen molar-refractivity contribution in [2.45, 2.75) is 63.9 Å². The predicted octanol–water partition coefficient (Wildman–Crippen LogP) is 5.62. The number of amides is 1. The lowest BCUT2D eigenvalue weighted by atomic mass is 10.0. The molecule has 4 rings (SSSR count).